The summed E-state index contributed by atoms with van der Waals surface area (Å²) in [4.78, 5) is 55.9. The normalized spacial score (nSPS) is 16.6. The number of methoxy groups -OCH3 is 1. The number of Topliss-reactive ketones (excluding diaryl/α,β-unsaturated/α-hetero) is 1. The molecule has 2 aromatic carbocycles. The third kappa shape index (κ3) is 6.13. The van der Waals surface area contributed by atoms with Crippen LogP contribution in [0, 0.1) is 18.7 Å². The number of anilines is 2. The molecule has 5 rings (SSSR count). The Hall–Kier alpha value is -5.17. The molecule has 0 saturated heterocycles. The van der Waals surface area contributed by atoms with Crippen LogP contribution in [0.4, 0.5) is 20.6 Å². The van der Waals surface area contributed by atoms with Crippen molar-refractivity contribution in [1.82, 2.24) is 25.3 Å². The predicted octanol–water partition coefficient (Wildman–Crippen LogP) is 5.02. The number of pyridine rings is 1. The molecule has 0 radical (unpaired) electrons. The van der Waals surface area contributed by atoms with E-state index < -0.39 is 35.7 Å². The number of nitrogens with zero attached hydrogens (tertiary/aromatic N) is 4. The summed E-state index contributed by atoms with van der Waals surface area (Å²) in [5, 5.41) is 16.1. The molecule has 44 heavy (non-hydrogen) atoms. The second kappa shape index (κ2) is 12.6. The fraction of sp³-hybridized carbons (Fsp3) is 0.233. The number of hydrogen-bond donors (Lipinski definition) is 3. The third-order valence-corrected chi connectivity index (χ3v) is 7.58. The first kappa shape index (κ1) is 30.3. The molecule has 14 heteroatoms. The van der Waals surface area contributed by atoms with E-state index in [1.165, 1.54) is 30.8 Å². The maximum absolute atomic E-state index is 14.7. The Labute approximate surface area is 256 Å². The number of nitrogens with one attached hydrogen (secondary N) is 3. The average Bonchev–Trinajstić information content (AvgIpc) is 3.40. The van der Waals surface area contributed by atoms with Gasteiger partial charge in [0.25, 0.3) is 5.91 Å². The Bertz CT molecular complexity index is 1790. The number of carbonyl (C=O) groups is 4. The Morgan fingerprint density at radius 2 is 1.95 bits per heavy atom. The Morgan fingerprint density at radius 1 is 1.16 bits per heavy atom. The largest absolute Gasteiger partial charge is 0.453 e. The van der Waals surface area contributed by atoms with E-state index in [4.69, 9.17) is 11.6 Å². The number of fused-ring (bicyclic) bond motifs is 4. The zero-order valence-corrected chi connectivity index (χ0v) is 24.6. The molecule has 0 aliphatic carbocycles. The third-order valence-electron chi connectivity index (χ3n) is 7.29. The van der Waals surface area contributed by atoms with Gasteiger partial charge in [-0.15, -0.1) is 5.10 Å². The average molecular weight is 620 g/mol. The van der Waals surface area contributed by atoms with Crippen molar-refractivity contribution in [3.8, 4) is 16.8 Å². The van der Waals surface area contributed by atoms with Crippen LogP contribution in [0.3, 0.4) is 0 Å². The monoisotopic (exact) mass is 619 g/mol. The van der Waals surface area contributed by atoms with Gasteiger partial charge in [-0.3, -0.25) is 24.7 Å². The van der Waals surface area contributed by atoms with E-state index in [2.05, 4.69) is 36.0 Å². The number of amides is 3. The molecule has 3 N–H and O–H groups in total. The van der Waals surface area contributed by atoms with Gasteiger partial charge in [0.05, 0.1) is 41.2 Å². The summed E-state index contributed by atoms with van der Waals surface area (Å²) in [6.07, 6.45) is 0.965. The van der Waals surface area contributed by atoms with Gasteiger partial charge in [-0.2, -0.15) is 0 Å². The number of rotatable bonds is 4. The number of carbonyl (C=O) groups excluding carboxylic acids is 4. The predicted molar refractivity (Wildman–Crippen MR) is 159 cm³/mol. The van der Waals surface area contributed by atoms with Gasteiger partial charge in [-0.05, 0) is 62.2 Å². The Morgan fingerprint density at radius 3 is 2.73 bits per heavy atom. The fourth-order valence-corrected chi connectivity index (χ4v) is 4.96. The van der Waals surface area contributed by atoms with Gasteiger partial charge in [0.15, 0.2) is 11.5 Å². The molecule has 0 spiro atoms. The highest BCUT2D eigenvalue weighted by molar-refractivity contribution is 6.30. The number of aromatic nitrogens is 4. The van der Waals surface area contributed by atoms with Crippen LogP contribution in [-0.4, -0.2) is 50.8 Å². The minimum atomic E-state index is -1.00. The quantitative estimate of drug-likeness (QED) is 0.269. The highest BCUT2D eigenvalue weighted by Crippen LogP contribution is 2.34. The van der Waals surface area contributed by atoms with Crippen LogP contribution in [-0.2, 0) is 14.3 Å². The first-order valence-corrected chi connectivity index (χ1v) is 13.9. The molecule has 2 atom stereocenters. The van der Waals surface area contributed by atoms with Crippen molar-refractivity contribution < 1.29 is 28.3 Å². The van der Waals surface area contributed by atoms with Gasteiger partial charge >= 0.3 is 6.09 Å². The summed E-state index contributed by atoms with van der Waals surface area (Å²) < 4.78 is 20.5. The SMILES string of the molecule is COC(=O)Nc1ccc2c(c1)NC(=O)C(C)C(=O)CCC(NC(=O)c1nnn(-c3cccc(Cl)c3F)c1C)c1cc-2ccn1. The van der Waals surface area contributed by atoms with Crippen LogP contribution in [0.1, 0.15) is 47.7 Å². The molecule has 0 fully saturated rings. The number of ketones is 1. The van der Waals surface area contributed by atoms with E-state index >= 15 is 0 Å². The van der Waals surface area contributed by atoms with E-state index in [0.717, 1.165) is 0 Å². The standard InChI is InChI=1S/C30H27ClFN7O5/c1-15-25(40)10-9-21(35-29(42)27-16(2)39(38-37-27)24-6-4-5-20(31)26(24)32)23-13-17(11-12-33-23)19-8-7-18(34-30(43)44-3)14-22(19)36-28(15)41/h4-8,11-15,21H,9-10H2,1-3H3,(H,34,43)(H,35,42)(H,36,41). The summed E-state index contributed by atoms with van der Waals surface area (Å²) >= 11 is 5.92. The zero-order valence-electron chi connectivity index (χ0n) is 23.9. The van der Waals surface area contributed by atoms with E-state index in [1.807, 2.05) is 0 Å². The van der Waals surface area contributed by atoms with Crippen molar-refractivity contribution >= 4 is 46.7 Å². The molecule has 2 unspecified atom stereocenters. The molecule has 0 saturated carbocycles. The molecule has 2 aromatic heterocycles. The highest BCUT2D eigenvalue weighted by Gasteiger charge is 2.28. The minimum absolute atomic E-state index is 0.0309. The Balaban J connectivity index is 1.51. The molecule has 3 heterocycles. The van der Waals surface area contributed by atoms with Crippen LogP contribution >= 0.6 is 11.6 Å². The maximum Gasteiger partial charge on any atom is 0.411 e. The summed E-state index contributed by atoms with van der Waals surface area (Å²) in [6.45, 7) is 3.07. The second-order valence-corrected chi connectivity index (χ2v) is 10.5. The van der Waals surface area contributed by atoms with E-state index in [1.54, 1.807) is 49.5 Å². The lowest BCUT2D eigenvalue weighted by molar-refractivity contribution is -0.130. The summed E-state index contributed by atoms with van der Waals surface area (Å²) in [5.74, 6) is -3.20. The van der Waals surface area contributed by atoms with E-state index in [0.29, 0.717) is 28.2 Å². The molecular weight excluding hydrogens is 593 g/mol. The van der Waals surface area contributed by atoms with Gasteiger partial charge < -0.3 is 15.4 Å². The smallest absolute Gasteiger partial charge is 0.411 e. The molecule has 2 bridgehead atoms. The first-order chi connectivity index (χ1) is 21.1. The highest BCUT2D eigenvalue weighted by atomic mass is 35.5. The zero-order chi connectivity index (χ0) is 31.5. The van der Waals surface area contributed by atoms with Crippen LogP contribution < -0.4 is 16.0 Å². The van der Waals surface area contributed by atoms with Crippen LogP contribution in [0.5, 0.6) is 0 Å². The van der Waals surface area contributed by atoms with Crippen molar-refractivity contribution in [2.24, 2.45) is 5.92 Å². The van der Waals surface area contributed by atoms with E-state index in [-0.39, 0.29) is 40.7 Å². The molecule has 12 nitrogen and oxygen atoms in total. The van der Waals surface area contributed by atoms with Gasteiger partial charge in [-0.1, -0.05) is 28.9 Å². The van der Waals surface area contributed by atoms with Crippen molar-refractivity contribution in [2.75, 3.05) is 17.7 Å². The van der Waals surface area contributed by atoms with E-state index in [9.17, 15) is 23.6 Å². The van der Waals surface area contributed by atoms with Crippen molar-refractivity contribution in [1.29, 1.82) is 0 Å². The summed E-state index contributed by atoms with van der Waals surface area (Å²) in [5.41, 5.74) is 2.66. The van der Waals surface area contributed by atoms with Gasteiger partial charge in [0, 0.05) is 23.9 Å². The van der Waals surface area contributed by atoms with Crippen molar-refractivity contribution in [3.63, 3.8) is 0 Å². The van der Waals surface area contributed by atoms with Crippen LogP contribution in [0.15, 0.2) is 54.7 Å². The van der Waals surface area contributed by atoms with Crippen molar-refractivity contribution in [2.45, 2.75) is 32.7 Å². The Kier molecular flexibility index (Phi) is 8.67. The minimum Gasteiger partial charge on any atom is -0.453 e. The number of ether oxygens (including phenoxy) is 1. The summed E-state index contributed by atoms with van der Waals surface area (Å²) in [6, 6.07) is 12.0. The molecule has 4 aromatic rings. The molecule has 226 valence electrons. The lowest BCUT2D eigenvalue weighted by Crippen LogP contribution is -2.32. The molecule has 1 aliphatic rings. The second-order valence-electron chi connectivity index (χ2n) is 10.1. The van der Waals surface area contributed by atoms with Gasteiger partial charge in [-0.25, -0.2) is 13.9 Å². The summed E-state index contributed by atoms with van der Waals surface area (Å²) in [7, 11) is 1.23. The number of hydrogen-bond acceptors (Lipinski definition) is 8. The lowest BCUT2D eigenvalue weighted by atomic mass is 9.94. The van der Waals surface area contributed by atoms with Crippen molar-refractivity contribution in [3.05, 3.63) is 82.6 Å². The van der Waals surface area contributed by atoms with Crippen LogP contribution in [0.2, 0.25) is 5.02 Å². The number of benzene rings is 2. The number of halogens is 2. The first-order valence-electron chi connectivity index (χ1n) is 13.5. The maximum atomic E-state index is 14.7. The van der Waals surface area contributed by atoms with Gasteiger partial charge in [0.2, 0.25) is 5.91 Å². The lowest BCUT2D eigenvalue weighted by Gasteiger charge is -2.22. The fourth-order valence-electron chi connectivity index (χ4n) is 4.79. The molecule has 3 amide bonds. The van der Waals surface area contributed by atoms with Crippen LogP contribution in [0.25, 0.3) is 16.8 Å². The van der Waals surface area contributed by atoms with Gasteiger partial charge in [0.1, 0.15) is 11.5 Å². The molecule has 1 aliphatic heterocycles. The topological polar surface area (TPSA) is 157 Å². The molecular formula is C30H27ClFN7O5.